The summed E-state index contributed by atoms with van der Waals surface area (Å²) < 4.78 is 32.0. The maximum absolute atomic E-state index is 12.1. The van der Waals surface area contributed by atoms with Gasteiger partial charge in [0.15, 0.2) is 0 Å². The highest BCUT2D eigenvalue weighted by atomic mass is 32.2. The van der Waals surface area contributed by atoms with E-state index in [1.807, 2.05) is 0 Å². The molecule has 1 aromatic rings. The molecule has 0 bridgehead atoms. The van der Waals surface area contributed by atoms with Crippen molar-refractivity contribution in [2.45, 2.75) is 29.9 Å². The van der Waals surface area contributed by atoms with Crippen LogP contribution in [0.15, 0.2) is 23.4 Å². The standard InChI is InChI=1S/C10H16N4O3S/c1-17-8-4-7(5-8)14-18(15,16)10-6-12-3-2-9(10)13-11/h2-3,6-8,14H,4-5,11H2,1H3,(H,12,13). The molecule has 1 aromatic heterocycles. The number of nitrogen functional groups attached to an aromatic ring is 1. The minimum absolute atomic E-state index is 0.0494. The Morgan fingerprint density at radius 1 is 1.50 bits per heavy atom. The molecule has 0 saturated heterocycles. The van der Waals surface area contributed by atoms with Crippen LogP contribution in [0.25, 0.3) is 0 Å². The van der Waals surface area contributed by atoms with E-state index in [0.29, 0.717) is 18.5 Å². The lowest BCUT2D eigenvalue weighted by atomic mass is 9.90. The SMILES string of the molecule is COC1CC(NS(=O)(=O)c2cnccc2NN)C1. The highest BCUT2D eigenvalue weighted by Crippen LogP contribution is 2.26. The lowest BCUT2D eigenvalue weighted by Crippen LogP contribution is -2.47. The highest BCUT2D eigenvalue weighted by molar-refractivity contribution is 7.89. The number of aromatic nitrogens is 1. The maximum Gasteiger partial charge on any atom is 0.244 e. The quantitative estimate of drug-likeness (QED) is 0.507. The molecule has 100 valence electrons. The molecule has 0 spiro atoms. The third-order valence-electron chi connectivity index (χ3n) is 2.98. The molecule has 7 nitrogen and oxygen atoms in total. The number of hydrogen-bond acceptors (Lipinski definition) is 6. The minimum atomic E-state index is -3.61. The average Bonchev–Trinajstić information content (AvgIpc) is 2.33. The van der Waals surface area contributed by atoms with E-state index in [1.165, 1.54) is 18.5 Å². The molecule has 1 aliphatic rings. The molecule has 1 aliphatic carbocycles. The molecule has 1 fully saturated rings. The van der Waals surface area contributed by atoms with Gasteiger partial charge in [-0.3, -0.25) is 10.8 Å². The van der Waals surface area contributed by atoms with Gasteiger partial charge >= 0.3 is 0 Å². The van der Waals surface area contributed by atoms with Crippen LogP contribution < -0.4 is 16.0 Å². The van der Waals surface area contributed by atoms with E-state index in [2.05, 4.69) is 15.1 Å². The smallest absolute Gasteiger partial charge is 0.244 e. The number of nitrogens with zero attached hydrogens (tertiary/aromatic N) is 1. The van der Waals surface area contributed by atoms with Crippen molar-refractivity contribution in [3.8, 4) is 0 Å². The van der Waals surface area contributed by atoms with Gasteiger partial charge in [-0.25, -0.2) is 13.1 Å². The second-order valence-electron chi connectivity index (χ2n) is 4.16. The number of anilines is 1. The topological polar surface area (TPSA) is 106 Å². The van der Waals surface area contributed by atoms with E-state index in [4.69, 9.17) is 10.6 Å². The molecule has 8 heteroatoms. The molecule has 0 aromatic carbocycles. The number of methoxy groups -OCH3 is 1. The fraction of sp³-hybridized carbons (Fsp3) is 0.500. The molecule has 2 rings (SSSR count). The monoisotopic (exact) mass is 272 g/mol. The fourth-order valence-corrected chi connectivity index (χ4v) is 3.22. The Labute approximate surface area is 106 Å². The molecular weight excluding hydrogens is 256 g/mol. The number of sulfonamides is 1. The van der Waals surface area contributed by atoms with Crippen LogP contribution in [0.2, 0.25) is 0 Å². The highest BCUT2D eigenvalue weighted by Gasteiger charge is 2.33. The number of nitrogens with one attached hydrogen (secondary N) is 2. The largest absolute Gasteiger partial charge is 0.381 e. The van der Waals surface area contributed by atoms with E-state index >= 15 is 0 Å². The maximum atomic E-state index is 12.1. The van der Waals surface area contributed by atoms with Crippen LogP contribution in [0.5, 0.6) is 0 Å². The van der Waals surface area contributed by atoms with Crippen molar-refractivity contribution in [2.24, 2.45) is 5.84 Å². The summed E-state index contributed by atoms with van der Waals surface area (Å²) in [4.78, 5) is 3.85. The van der Waals surface area contributed by atoms with Crippen LogP contribution in [0, 0.1) is 0 Å². The van der Waals surface area contributed by atoms with Crippen molar-refractivity contribution < 1.29 is 13.2 Å². The lowest BCUT2D eigenvalue weighted by Gasteiger charge is -2.34. The van der Waals surface area contributed by atoms with Gasteiger partial charge in [0.05, 0.1) is 11.8 Å². The van der Waals surface area contributed by atoms with Gasteiger partial charge in [-0.15, -0.1) is 0 Å². The van der Waals surface area contributed by atoms with E-state index in [0.717, 1.165) is 0 Å². The molecule has 0 aliphatic heterocycles. The zero-order chi connectivity index (χ0) is 13.2. The molecular formula is C10H16N4O3S. The Kier molecular flexibility index (Phi) is 3.81. The molecule has 4 N–H and O–H groups in total. The van der Waals surface area contributed by atoms with Gasteiger partial charge in [0.25, 0.3) is 0 Å². The Morgan fingerprint density at radius 2 is 2.22 bits per heavy atom. The second kappa shape index (κ2) is 5.19. The van der Waals surface area contributed by atoms with Crippen LogP contribution in [0.4, 0.5) is 5.69 Å². The van der Waals surface area contributed by atoms with Gasteiger partial charge in [0.1, 0.15) is 4.90 Å². The van der Waals surface area contributed by atoms with E-state index in [9.17, 15) is 8.42 Å². The first kappa shape index (κ1) is 13.2. The molecule has 0 radical (unpaired) electrons. The van der Waals surface area contributed by atoms with Crippen LogP contribution >= 0.6 is 0 Å². The zero-order valence-electron chi connectivity index (χ0n) is 9.96. The number of rotatable bonds is 5. The van der Waals surface area contributed by atoms with Crippen molar-refractivity contribution in [3.05, 3.63) is 18.5 Å². The third-order valence-corrected chi connectivity index (χ3v) is 4.53. The number of hydrogen-bond donors (Lipinski definition) is 3. The summed E-state index contributed by atoms with van der Waals surface area (Å²) in [6.45, 7) is 0. The summed E-state index contributed by atoms with van der Waals surface area (Å²) in [7, 11) is -1.99. The fourth-order valence-electron chi connectivity index (χ4n) is 1.85. The van der Waals surface area contributed by atoms with Crippen molar-refractivity contribution in [1.29, 1.82) is 0 Å². The summed E-state index contributed by atoms with van der Waals surface area (Å²) in [5, 5.41) is 0. The predicted molar refractivity (Wildman–Crippen MR) is 66.2 cm³/mol. The average molecular weight is 272 g/mol. The van der Waals surface area contributed by atoms with Gasteiger partial charge in [-0.05, 0) is 18.9 Å². The zero-order valence-corrected chi connectivity index (χ0v) is 10.8. The van der Waals surface area contributed by atoms with Crippen molar-refractivity contribution in [3.63, 3.8) is 0 Å². The van der Waals surface area contributed by atoms with Gasteiger partial charge in [0, 0.05) is 25.5 Å². The first-order valence-corrected chi connectivity index (χ1v) is 7.01. The Bertz CT molecular complexity index is 514. The molecule has 1 heterocycles. The Balaban J connectivity index is 2.11. The number of nitrogens with two attached hydrogens (primary N) is 1. The number of pyridine rings is 1. The van der Waals surface area contributed by atoms with Gasteiger partial charge in [-0.1, -0.05) is 0 Å². The summed E-state index contributed by atoms with van der Waals surface area (Å²) in [5.41, 5.74) is 2.67. The summed E-state index contributed by atoms with van der Waals surface area (Å²) in [6, 6.07) is 1.42. The van der Waals surface area contributed by atoms with Crippen LogP contribution in [-0.4, -0.2) is 32.7 Å². The van der Waals surface area contributed by atoms with Crippen LogP contribution in [0.1, 0.15) is 12.8 Å². The van der Waals surface area contributed by atoms with E-state index in [1.54, 1.807) is 7.11 Å². The first-order chi connectivity index (χ1) is 8.56. The first-order valence-electron chi connectivity index (χ1n) is 5.52. The molecule has 0 amide bonds. The minimum Gasteiger partial charge on any atom is -0.381 e. The second-order valence-corrected chi connectivity index (χ2v) is 5.85. The third kappa shape index (κ3) is 2.61. The van der Waals surface area contributed by atoms with Crippen LogP contribution in [-0.2, 0) is 14.8 Å². The molecule has 0 atom stereocenters. The van der Waals surface area contributed by atoms with Gasteiger partial charge in [0.2, 0.25) is 10.0 Å². The summed E-state index contributed by atoms with van der Waals surface area (Å²) in [6.07, 6.45) is 4.24. The Hall–Kier alpha value is -1.22. The van der Waals surface area contributed by atoms with Crippen LogP contribution in [0.3, 0.4) is 0 Å². The van der Waals surface area contributed by atoms with Gasteiger partial charge < -0.3 is 10.2 Å². The van der Waals surface area contributed by atoms with Crippen molar-refractivity contribution in [2.75, 3.05) is 12.5 Å². The normalized spacial score (nSPS) is 23.4. The molecule has 1 saturated carbocycles. The Morgan fingerprint density at radius 3 is 2.83 bits per heavy atom. The lowest BCUT2D eigenvalue weighted by molar-refractivity contribution is 0.0236. The van der Waals surface area contributed by atoms with Gasteiger partial charge in [-0.2, -0.15) is 0 Å². The van der Waals surface area contributed by atoms with E-state index in [-0.39, 0.29) is 17.0 Å². The molecule has 0 unspecified atom stereocenters. The van der Waals surface area contributed by atoms with E-state index < -0.39 is 10.0 Å². The summed E-state index contributed by atoms with van der Waals surface area (Å²) >= 11 is 0. The predicted octanol–water partition coefficient (Wildman–Crippen LogP) is -0.177. The van der Waals surface area contributed by atoms with Crippen molar-refractivity contribution in [1.82, 2.24) is 9.71 Å². The molecule has 18 heavy (non-hydrogen) atoms. The van der Waals surface area contributed by atoms with Crippen molar-refractivity contribution >= 4 is 15.7 Å². The number of hydrazine groups is 1. The summed E-state index contributed by atoms with van der Waals surface area (Å²) in [5.74, 6) is 5.28. The number of ether oxygens (including phenoxy) is 1.